The van der Waals surface area contributed by atoms with Crippen molar-refractivity contribution in [2.24, 2.45) is 5.73 Å². The van der Waals surface area contributed by atoms with E-state index < -0.39 is 0 Å². The third-order valence-corrected chi connectivity index (χ3v) is 3.74. The Bertz CT molecular complexity index is 459. The number of ether oxygens (including phenoxy) is 1. The number of hydrogen-bond acceptors (Lipinski definition) is 3. The van der Waals surface area contributed by atoms with E-state index in [0.717, 1.165) is 31.2 Å². The van der Waals surface area contributed by atoms with Crippen molar-refractivity contribution >= 4 is 5.91 Å². The van der Waals surface area contributed by atoms with Gasteiger partial charge >= 0.3 is 0 Å². The van der Waals surface area contributed by atoms with Gasteiger partial charge in [0.25, 0.3) is 5.91 Å². The highest BCUT2D eigenvalue weighted by Gasteiger charge is 2.24. The lowest BCUT2D eigenvalue weighted by molar-refractivity contribution is 0.0918. The minimum atomic E-state index is -0.0945. The Morgan fingerprint density at radius 2 is 2.11 bits per heavy atom. The second kappa shape index (κ2) is 6.06. The van der Waals surface area contributed by atoms with Gasteiger partial charge in [0.05, 0.1) is 12.7 Å². The Labute approximate surface area is 114 Å². The second-order valence-electron chi connectivity index (χ2n) is 5.23. The van der Waals surface area contributed by atoms with Gasteiger partial charge in [0.1, 0.15) is 5.75 Å². The van der Waals surface area contributed by atoms with Crippen LogP contribution in [0.4, 0.5) is 0 Å². The molecule has 1 saturated carbocycles. The standard InChI is InChI=1S/C15H22N2O2/c1-10-7-8-14(19-2)11(9-10)15(18)17-13-6-4-3-5-12(13)16/h7-9,12-13H,3-6,16H2,1-2H3,(H,17,18). The van der Waals surface area contributed by atoms with Gasteiger partial charge in [0.15, 0.2) is 0 Å². The molecular formula is C15H22N2O2. The Hall–Kier alpha value is -1.55. The Morgan fingerprint density at radius 3 is 2.79 bits per heavy atom. The van der Waals surface area contributed by atoms with Crippen molar-refractivity contribution in [3.8, 4) is 5.75 Å². The lowest BCUT2D eigenvalue weighted by atomic mass is 9.91. The van der Waals surface area contributed by atoms with Crippen LogP contribution in [0.1, 0.15) is 41.6 Å². The normalized spacial score (nSPS) is 22.9. The van der Waals surface area contributed by atoms with E-state index in [-0.39, 0.29) is 18.0 Å². The quantitative estimate of drug-likeness (QED) is 0.875. The summed E-state index contributed by atoms with van der Waals surface area (Å²) < 4.78 is 5.25. The van der Waals surface area contributed by atoms with E-state index in [4.69, 9.17) is 10.5 Å². The molecule has 0 heterocycles. The van der Waals surface area contributed by atoms with Crippen molar-refractivity contribution in [2.75, 3.05) is 7.11 Å². The second-order valence-corrected chi connectivity index (χ2v) is 5.23. The number of carbonyl (C=O) groups is 1. The number of nitrogens with one attached hydrogen (secondary N) is 1. The molecule has 1 aliphatic rings. The molecule has 0 saturated heterocycles. The van der Waals surface area contributed by atoms with Gasteiger partial charge in [-0.05, 0) is 31.9 Å². The van der Waals surface area contributed by atoms with Crippen LogP contribution in [-0.4, -0.2) is 25.1 Å². The maximum atomic E-state index is 12.3. The molecule has 0 spiro atoms. The van der Waals surface area contributed by atoms with E-state index in [1.165, 1.54) is 0 Å². The Balaban J connectivity index is 2.13. The first kappa shape index (κ1) is 13.9. The van der Waals surface area contributed by atoms with Gasteiger partial charge in [-0.3, -0.25) is 4.79 Å². The van der Waals surface area contributed by atoms with Gasteiger partial charge in [0, 0.05) is 12.1 Å². The van der Waals surface area contributed by atoms with Gasteiger partial charge in [-0.2, -0.15) is 0 Å². The molecule has 19 heavy (non-hydrogen) atoms. The fraction of sp³-hybridized carbons (Fsp3) is 0.533. The molecule has 2 unspecified atom stereocenters. The lowest BCUT2D eigenvalue weighted by Crippen LogP contribution is -2.49. The molecule has 4 nitrogen and oxygen atoms in total. The predicted molar refractivity (Wildman–Crippen MR) is 75.4 cm³/mol. The lowest BCUT2D eigenvalue weighted by Gasteiger charge is -2.29. The van der Waals surface area contributed by atoms with E-state index >= 15 is 0 Å². The highest BCUT2D eigenvalue weighted by molar-refractivity contribution is 5.97. The van der Waals surface area contributed by atoms with Crippen molar-refractivity contribution < 1.29 is 9.53 Å². The highest BCUT2D eigenvalue weighted by atomic mass is 16.5. The maximum absolute atomic E-state index is 12.3. The number of methoxy groups -OCH3 is 1. The third kappa shape index (κ3) is 3.26. The van der Waals surface area contributed by atoms with Gasteiger partial charge < -0.3 is 15.8 Å². The molecule has 0 aliphatic heterocycles. The highest BCUT2D eigenvalue weighted by Crippen LogP contribution is 2.21. The molecule has 0 bridgehead atoms. The minimum absolute atomic E-state index is 0.0634. The fourth-order valence-corrected chi connectivity index (χ4v) is 2.58. The number of aryl methyl sites for hydroxylation is 1. The largest absolute Gasteiger partial charge is 0.496 e. The van der Waals surface area contributed by atoms with Crippen LogP contribution in [0.5, 0.6) is 5.75 Å². The predicted octanol–water partition coefficient (Wildman–Crippen LogP) is 2.00. The number of benzene rings is 1. The summed E-state index contributed by atoms with van der Waals surface area (Å²) in [5, 5.41) is 3.04. The monoisotopic (exact) mass is 262 g/mol. The molecule has 4 heteroatoms. The van der Waals surface area contributed by atoms with Crippen LogP contribution in [0.3, 0.4) is 0 Å². The molecule has 1 aromatic carbocycles. The molecular weight excluding hydrogens is 240 g/mol. The number of nitrogens with two attached hydrogens (primary N) is 1. The van der Waals surface area contributed by atoms with Crippen LogP contribution in [0, 0.1) is 6.92 Å². The first-order valence-electron chi connectivity index (χ1n) is 6.83. The SMILES string of the molecule is COc1ccc(C)cc1C(=O)NC1CCCCC1N. The van der Waals surface area contributed by atoms with E-state index in [1.807, 2.05) is 25.1 Å². The molecule has 0 aromatic heterocycles. The molecule has 1 amide bonds. The van der Waals surface area contributed by atoms with Crippen LogP contribution < -0.4 is 15.8 Å². The summed E-state index contributed by atoms with van der Waals surface area (Å²) in [5.74, 6) is 0.510. The molecule has 104 valence electrons. The number of carbonyl (C=O) groups excluding carboxylic acids is 1. The molecule has 0 radical (unpaired) electrons. The van der Waals surface area contributed by atoms with Crippen molar-refractivity contribution in [1.82, 2.24) is 5.32 Å². The van der Waals surface area contributed by atoms with Crippen molar-refractivity contribution in [3.05, 3.63) is 29.3 Å². The van der Waals surface area contributed by atoms with E-state index in [1.54, 1.807) is 7.11 Å². The van der Waals surface area contributed by atoms with Crippen LogP contribution in [0.25, 0.3) is 0 Å². The molecule has 2 atom stereocenters. The molecule has 3 N–H and O–H groups in total. The first-order valence-corrected chi connectivity index (χ1v) is 6.83. The van der Waals surface area contributed by atoms with Crippen molar-refractivity contribution in [3.63, 3.8) is 0 Å². The summed E-state index contributed by atoms with van der Waals surface area (Å²) in [5.41, 5.74) is 7.68. The van der Waals surface area contributed by atoms with Gasteiger partial charge in [0.2, 0.25) is 0 Å². The Kier molecular flexibility index (Phi) is 4.43. The topological polar surface area (TPSA) is 64.3 Å². The van der Waals surface area contributed by atoms with Gasteiger partial charge in [-0.15, -0.1) is 0 Å². The fourth-order valence-electron chi connectivity index (χ4n) is 2.58. The zero-order chi connectivity index (χ0) is 13.8. The van der Waals surface area contributed by atoms with Crippen LogP contribution >= 0.6 is 0 Å². The number of rotatable bonds is 3. The Morgan fingerprint density at radius 1 is 1.37 bits per heavy atom. The number of amides is 1. The van der Waals surface area contributed by atoms with Gasteiger partial charge in [-0.1, -0.05) is 24.5 Å². The molecule has 1 aromatic rings. The van der Waals surface area contributed by atoms with E-state index in [2.05, 4.69) is 5.32 Å². The first-order chi connectivity index (χ1) is 9.11. The van der Waals surface area contributed by atoms with Crippen LogP contribution in [-0.2, 0) is 0 Å². The zero-order valence-corrected chi connectivity index (χ0v) is 11.6. The summed E-state index contributed by atoms with van der Waals surface area (Å²) in [6, 6.07) is 5.75. The summed E-state index contributed by atoms with van der Waals surface area (Å²) in [6.07, 6.45) is 4.22. The molecule has 1 aliphatic carbocycles. The molecule has 2 rings (SSSR count). The zero-order valence-electron chi connectivity index (χ0n) is 11.6. The van der Waals surface area contributed by atoms with Crippen LogP contribution in [0.15, 0.2) is 18.2 Å². The van der Waals surface area contributed by atoms with Crippen molar-refractivity contribution in [2.45, 2.75) is 44.7 Å². The van der Waals surface area contributed by atoms with Gasteiger partial charge in [-0.25, -0.2) is 0 Å². The average Bonchev–Trinajstić information content (AvgIpc) is 2.41. The smallest absolute Gasteiger partial charge is 0.255 e. The maximum Gasteiger partial charge on any atom is 0.255 e. The summed E-state index contributed by atoms with van der Waals surface area (Å²) in [4.78, 5) is 12.3. The average molecular weight is 262 g/mol. The summed E-state index contributed by atoms with van der Waals surface area (Å²) in [7, 11) is 1.58. The summed E-state index contributed by atoms with van der Waals surface area (Å²) in [6.45, 7) is 1.96. The molecule has 1 fully saturated rings. The van der Waals surface area contributed by atoms with E-state index in [0.29, 0.717) is 11.3 Å². The van der Waals surface area contributed by atoms with Crippen LogP contribution in [0.2, 0.25) is 0 Å². The van der Waals surface area contributed by atoms with Crippen molar-refractivity contribution in [1.29, 1.82) is 0 Å². The number of hydrogen-bond donors (Lipinski definition) is 2. The minimum Gasteiger partial charge on any atom is -0.496 e. The summed E-state index contributed by atoms with van der Waals surface area (Å²) >= 11 is 0. The van der Waals surface area contributed by atoms with E-state index in [9.17, 15) is 4.79 Å². The third-order valence-electron chi connectivity index (χ3n) is 3.74.